The number of benzene rings is 1. The van der Waals surface area contributed by atoms with Crippen molar-refractivity contribution < 1.29 is 22.3 Å². The van der Waals surface area contributed by atoms with Crippen molar-refractivity contribution in [1.29, 1.82) is 0 Å². The van der Waals surface area contributed by atoms with E-state index >= 15 is 0 Å². The summed E-state index contributed by atoms with van der Waals surface area (Å²) in [7, 11) is 0. The second-order valence-electron chi connectivity index (χ2n) is 5.31. The lowest BCUT2D eigenvalue weighted by molar-refractivity contribution is -0.0546. The van der Waals surface area contributed by atoms with Gasteiger partial charge in [-0.15, -0.1) is 0 Å². The van der Waals surface area contributed by atoms with Crippen LogP contribution in [0.25, 0.3) is 0 Å². The smallest absolute Gasteiger partial charge is 0.387 e. The molecular formula is C15H18F4O. The molecule has 0 aliphatic heterocycles. The van der Waals surface area contributed by atoms with E-state index in [0.29, 0.717) is 17.9 Å². The van der Waals surface area contributed by atoms with Gasteiger partial charge in [0.05, 0.1) is 0 Å². The number of hydrogen-bond donors (Lipinski definition) is 0. The SMILES string of the molecule is Fc1cc(CCC2CCCCC2)cc(F)c1OC(F)F. The maximum atomic E-state index is 13.5. The zero-order valence-electron chi connectivity index (χ0n) is 11.2. The number of alkyl halides is 2. The van der Waals surface area contributed by atoms with Crippen LogP contribution in [0.2, 0.25) is 0 Å². The van der Waals surface area contributed by atoms with Gasteiger partial charge in [-0.25, -0.2) is 8.78 Å². The van der Waals surface area contributed by atoms with Crippen LogP contribution in [-0.2, 0) is 6.42 Å². The quantitative estimate of drug-likeness (QED) is 0.687. The van der Waals surface area contributed by atoms with Gasteiger partial charge in [0.25, 0.3) is 0 Å². The summed E-state index contributed by atoms with van der Waals surface area (Å²) in [4.78, 5) is 0. The molecule has 112 valence electrons. The molecule has 1 nitrogen and oxygen atoms in total. The van der Waals surface area contributed by atoms with Crippen LogP contribution in [0.15, 0.2) is 12.1 Å². The first-order valence-electron chi connectivity index (χ1n) is 6.99. The molecule has 1 saturated carbocycles. The van der Waals surface area contributed by atoms with Crippen molar-refractivity contribution in [3.8, 4) is 5.75 Å². The maximum Gasteiger partial charge on any atom is 0.387 e. The van der Waals surface area contributed by atoms with Crippen molar-refractivity contribution in [3.63, 3.8) is 0 Å². The summed E-state index contributed by atoms with van der Waals surface area (Å²) in [6, 6.07) is 2.17. The molecule has 5 heteroatoms. The molecule has 1 aromatic carbocycles. The zero-order valence-corrected chi connectivity index (χ0v) is 11.2. The molecule has 2 rings (SSSR count). The Labute approximate surface area is 115 Å². The van der Waals surface area contributed by atoms with Crippen LogP contribution in [0.5, 0.6) is 5.75 Å². The Kier molecular flexibility index (Phi) is 5.26. The maximum absolute atomic E-state index is 13.5. The van der Waals surface area contributed by atoms with E-state index in [-0.39, 0.29) is 0 Å². The van der Waals surface area contributed by atoms with Crippen LogP contribution in [0, 0.1) is 17.6 Å². The fourth-order valence-corrected chi connectivity index (χ4v) is 2.80. The molecule has 0 spiro atoms. The van der Waals surface area contributed by atoms with Gasteiger partial charge < -0.3 is 4.74 Å². The van der Waals surface area contributed by atoms with E-state index in [0.717, 1.165) is 31.4 Å². The van der Waals surface area contributed by atoms with Gasteiger partial charge in [-0.05, 0) is 36.5 Å². The van der Waals surface area contributed by atoms with Gasteiger partial charge >= 0.3 is 6.61 Å². The Balaban J connectivity index is 1.98. The second-order valence-corrected chi connectivity index (χ2v) is 5.31. The van der Waals surface area contributed by atoms with Crippen molar-refractivity contribution in [2.75, 3.05) is 0 Å². The molecule has 1 fully saturated rings. The largest absolute Gasteiger partial charge is 0.429 e. The number of ether oxygens (including phenoxy) is 1. The van der Waals surface area contributed by atoms with Crippen LogP contribution < -0.4 is 4.74 Å². The molecule has 0 N–H and O–H groups in total. The van der Waals surface area contributed by atoms with Gasteiger partial charge in [-0.1, -0.05) is 32.1 Å². The molecule has 0 amide bonds. The summed E-state index contributed by atoms with van der Waals surface area (Å²) >= 11 is 0. The van der Waals surface area contributed by atoms with Crippen LogP contribution in [0.1, 0.15) is 44.1 Å². The average Bonchev–Trinajstić information content (AvgIpc) is 2.41. The van der Waals surface area contributed by atoms with E-state index in [2.05, 4.69) is 4.74 Å². The van der Waals surface area contributed by atoms with Crippen molar-refractivity contribution in [2.24, 2.45) is 5.92 Å². The Morgan fingerprint density at radius 3 is 2.20 bits per heavy atom. The molecule has 0 atom stereocenters. The molecule has 20 heavy (non-hydrogen) atoms. The van der Waals surface area contributed by atoms with Gasteiger partial charge in [0.2, 0.25) is 0 Å². The molecule has 0 heterocycles. The van der Waals surface area contributed by atoms with E-state index in [9.17, 15) is 17.6 Å². The van der Waals surface area contributed by atoms with Crippen LogP contribution >= 0.6 is 0 Å². The number of hydrogen-bond acceptors (Lipinski definition) is 1. The summed E-state index contributed by atoms with van der Waals surface area (Å²) in [6.07, 6.45) is 7.47. The minimum Gasteiger partial charge on any atom is -0.429 e. The molecule has 0 radical (unpaired) electrons. The highest BCUT2D eigenvalue weighted by molar-refractivity contribution is 5.31. The topological polar surface area (TPSA) is 9.23 Å². The molecule has 0 bridgehead atoms. The predicted molar refractivity (Wildman–Crippen MR) is 67.9 cm³/mol. The monoisotopic (exact) mass is 290 g/mol. The summed E-state index contributed by atoms with van der Waals surface area (Å²) in [6.45, 7) is -3.23. The lowest BCUT2D eigenvalue weighted by Gasteiger charge is -2.21. The third kappa shape index (κ3) is 4.12. The van der Waals surface area contributed by atoms with Crippen LogP contribution in [-0.4, -0.2) is 6.61 Å². The van der Waals surface area contributed by atoms with Crippen molar-refractivity contribution >= 4 is 0 Å². The number of rotatable bonds is 5. The Hall–Kier alpha value is -1.26. The van der Waals surface area contributed by atoms with Gasteiger partial charge in [0.1, 0.15) is 0 Å². The molecule has 1 aromatic rings. The fourth-order valence-electron chi connectivity index (χ4n) is 2.80. The summed E-state index contributed by atoms with van der Waals surface area (Å²) in [5.41, 5.74) is 0.493. The minimum absolute atomic E-state index is 0.493. The number of halogens is 4. The van der Waals surface area contributed by atoms with E-state index in [4.69, 9.17) is 0 Å². The number of aryl methyl sites for hydroxylation is 1. The summed E-state index contributed by atoms with van der Waals surface area (Å²) in [5.74, 6) is -2.53. The van der Waals surface area contributed by atoms with E-state index in [1.54, 1.807) is 0 Å². The van der Waals surface area contributed by atoms with Gasteiger partial charge in [0.15, 0.2) is 17.4 Å². The standard InChI is InChI=1S/C15H18F4O/c16-12-8-11(7-6-10-4-2-1-3-5-10)9-13(17)14(12)20-15(18)19/h8-10,15H,1-7H2. The average molecular weight is 290 g/mol. The molecule has 0 unspecified atom stereocenters. The first-order valence-corrected chi connectivity index (χ1v) is 6.99. The fraction of sp³-hybridized carbons (Fsp3) is 0.600. The van der Waals surface area contributed by atoms with Crippen LogP contribution in [0.3, 0.4) is 0 Å². The normalized spacial score (nSPS) is 16.6. The highest BCUT2D eigenvalue weighted by atomic mass is 19.3. The summed E-state index contributed by atoms with van der Waals surface area (Å²) < 4.78 is 55.0. The predicted octanol–water partition coefficient (Wildman–Crippen LogP) is 5.08. The highest BCUT2D eigenvalue weighted by Crippen LogP contribution is 2.29. The molecule has 1 aliphatic carbocycles. The minimum atomic E-state index is -3.23. The lowest BCUT2D eigenvalue weighted by Crippen LogP contribution is -2.09. The van der Waals surface area contributed by atoms with E-state index in [1.807, 2.05) is 0 Å². The first-order chi connectivity index (χ1) is 9.56. The Morgan fingerprint density at radius 2 is 1.65 bits per heavy atom. The first kappa shape index (κ1) is 15.1. The van der Waals surface area contributed by atoms with Gasteiger partial charge in [-0.2, -0.15) is 8.78 Å². The van der Waals surface area contributed by atoms with Crippen LogP contribution in [0.4, 0.5) is 17.6 Å². The van der Waals surface area contributed by atoms with E-state index < -0.39 is 24.0 Å². The molecule has 1 aliphatic rings. The van der Waals surface area contributed by atoms with E-state index in [1.165, 1.54) is 19.3 Å². The second kappa shape index (κ2) is 6.95. The lowest BCUT2D eigenvalue weighted by atomic mass is 9.85. The van der Waals surface area contributed by atoms with Crippen molar-refractivity contribution in [1.82, 2.24) is 0 Å². The zero-order chi connectivity index (χ0) is 14.5. The Morgan fingerprint density at radius 1 is 1.05 bits per heavy atom. The molecule has 0 aromatic heterocycles. The molecular weight excluding hydrogens is 272 g/mol. The highest BCUT2D eigenvalue weighted by Gasteiger charge is 2.18. The third-order valence-corrected chi connectivity index (χ3v) is 3.83. The van der Waals surface area contributed by atoms with Gasteiger partial charge in [-0.3, -0.25) is 0 Å². The Bertz CT molecular complexity index is 418. The van der Waals surface area contributed by atoms with Crippen molar-refractivity contribution in [2.45, 2.75) is 51.6 Å². The van der Waals surface area contributed by atoms with Crippen molar-refractivity contribution in [3.05, 3.63) is 29.3 Å². The van der Waals surface area contributed by atoms with Gasteiger partial charge in [0, 0.05) is 0 Å². The molecule has 0 saturated heterocycles. The third-order valence-electron chi connectivity index (χ3n) is 3.83. The summed E-state index contributed by atoms with van der Waals surface area (Å²) in [5, 5.41) is 0.